The van der Waals surface area contributed by atoms with Crippen LogP contribution in [0, 0.1) is 11.3 Å². The average Bonchev–Trinajstić information content (AvgIpc) is 2.55. The standard InChI is InChI=1S/C14H15BrClNO2/c1-8(2)14(3)7-12(18)17(13(14)19)9-4-5-11(16)10(15)6-9/h4-6,8H,7H2,1-3H3. The second-order valence-corrected chi connectivity index (χ2v) is 6.64. The third-order valence-electron chi connectivity index (χ3n) is 3.90. The Morgan fingerprint density at radius 2 is 2.00 bits per heavy atom. The van der Waals surface area contributed by atoms with Crippen molar-refractivity contribution in [1.82, 2.24) is 0 Å². The molecule has 1 heterocycles. The van der Waals surface area contributed by atoms with Gasteiger partial charge in [0.2, 0.25) is 11.8 Å². The van der Waals surface area contributed by atoms with E-state index in [9.17, 15) is 9.59 Å². The van der Waals surface area contributed by atoms with Crippen molar-refractivity contribution in [3.63, 3.8) is 0 Å². The fourth-order valence-corrected chi connectivity index (χ4v) is 2.66. The van der Waals surface area contributed by atoms with Crippen molar-refractivity contribution in [2.24, 2.45) is 11.3 Å². The van der Waals surface area contributed by atoms with E-state index in [1.54, 1.807) is 18.2 Å². The molecule has 2 rings (SSSR count). The lowest BCUT2D eigenvalue weighted by atomic mass is 9.78. The van der Waals surface area contributed by atoms with Gasteiger partial charge in [-0.2, -0.15) is 0 Å². The molecule has 2 amide bonds. The van der Waals surface area contributed by atoms with Crippen molar-refractivity contribution in [1.29, 1.82) is 0 Å². The number of halogens is 2. The summed E-state index contributed by atoms with van der Waals surface area (Å²) in [7, 11) is 0. The van der Waals surface area contributed by atoms with Gasteiger partial charge >= 0.3 is 0 Å². The Morgan fingerprint density at radius 3 is 2.47 bits per heavy atom. The summed E-state index contributed by atoms with van der Waals surface area (Å²) in [6.07, 6.45) is 0.254. The van der Waals surface area contributed by atoms with E-state index in [1.807, 2.05) is 20.8 Å². The number of nitrogens with zero attached hydrogens (tertiary/aromatic N) is 1. The lowest BCUT2D eigenvalue weighted by molar-refractivity contribution is -0.126. The molecule has 0 aliphatic carbocycles. The quantitative estimate of drug-likeness (QED) is 0.760. The van der Waals surface area contributed by atoms with Crippen LogP contribution in [0.1, 0.15) is 27.2 Å². The second kappa shape index (κ2) is 4.91. The Balaban J connectivity index is 2.43. The zero-order chi connectivity index (χ0) is 14.4. The number of benzene rings is 1. The van der Waals surface area contributed by atoms with Crippen molar-refractivity contribution < 1.29 is 9.59 Å². The molecule has 0 bridgehead atoms. The predicted octanol–water partition coefficient (Wildman–Crippen LogP) is 4.03. The Kier molecular flexibility index (Phi) is 3.76. The molecule has 0 spiro atoms. The fraction of sp³-hybridized carbons (Fsp3) is 0.429. The van der Waals surface area contributed by atoms with Crippen LogP contribution in [0.15, 0.2) is 22.7 Å². The topological polar surface area (TPSA) is 37.4 Å². The molecule has 1 aliphatic rings. The van der Waals surface area contributed by atoms with Crippen molar-refractivity contribution in [3.05, 3.63) is 27.7 Å². The van der Waals surface area contributed by atoms with E-state index in [-0.39, 0.29) is 24.2 Å². The van der Waals surface area contributed by atoms with E-state index in [1.165, 1.54) is 4.90 Å². The third kappa shape index (κ3) is 2.32. The summed E-state index contributed by atoms with van der Waals surface area (Å²) >= 11 is 9.24. The van der Waals surface area contributed by atoms with Crippen LogP contribution in [0.5, 0.6) is 0 Å². The first-order chi connectivity index (χ1) is 8.77. The van der Waals surface area contributed by atoms with E-state index < -0.39 is 5.41 Å². The Labute approximate surface area is 126 Å². The molecule has 0 saturated carbocycles. The largest absolute Gasteiger partial charge is 0.274 e. The highest BCUT2D eigenvalue weighted by Gasteiger charge is 2.50. The minimum absolute atomic E-state index is 0.115. The summed E-state index contributed by atoms with van der Waals surface area (Å²) in [5.41, 5.74) is -0.0564. The molecule has 1 unspecified atom stereocenters. The number of imide groups is 1. The van der Waals surface area contributed by atoms with Gasteiger partial charge in [-0.3, -0.25) is 14.5 Å². The molecule has 19 heavy (non-hydrogen) atoms. The van der Waals surface area contributed by atoms with Crippen molar-refractivity contribution in [2.75, 3.05) is 4.90 Å². The number of hydrogen-bond donors (Lipinski definition) is 0. The van der Waals surface area contributed by atoms with Gasteiger partial charge in [0.25, 0.3) is 0 Å². The summed E-state index contributed by atoms with van der Waals surface area (Å²) in [5.74, 6) is -0.179. The van der Waals surface area contributed by atoms with Gasteiger partial charge in [-0.15, -0.1) is 0 Å². The van der Waals surface area contributed by atoms with E-state index >= 15 is 0 Å². The molecule has 1 saturated heterocycles. The number of carbonyl (C=O) groups excluding carboxylic acids is 2. The molecule has 1 fully saturated rings. The molecule has 0 N–H and O–H groups in total. The molecular weight excluding hydrogens is 330 g/mol. The van der Waals surface area contributed by atoms with Crippen molar-refractivity contribution in [2.45, 2.75) is 27.2 Å². The minimum atomic E-state index is -0.622. The summed E-state index contributed by atoms with van der Waals surface area (Å²) < 4.78 is 0.672. The first kappa shape index (κ1) is 14.5. The second-order valence-electron chi connectivity index (χ2n) is 5.38. The lowest BCUT2D eigenvalue weighted by Crippen LogP contribution is -2.36. The van der Waals surface area contributed by atoms with E-state index in [0.717, 1.165) is 0 Å². The van der Waals surface area contributed by atoms with E-state index in [2.05, 4.69) is 15.9 Å². The Bertz CT molecular complexity index is 558. The molecule has 1 aliphatic heterocycles. The van der Waals surface area contributed by atoms with Gasteiger partial charge in [0, 0.05) is 10.9 Å². The monoisotopic (exact) mass is 343 g/mol. The van der Waals surface area contributed by atoms with Crippen LogP contribution < -0.4 is 4.90 Å². The van der Waals surface area contributed by atoms with Crippen LogP contribution >= 0.6 is 27.5 Å². The van der Waals surface area contributed by atoms with Crippen molar-refractivity contribution >= 4 is 45.0 Å². The van der Waals surface area contributed by atoms with Gasteiger partial charge in [-0.25, -0.2) is 0 Å². The van der Waals surface area contributed by atoms with Gasteiger partial charge in [-0.1, -0.05) is 25.4 Å². The summed E-state index contributed by atoms with van der Waals surface area (Å²) in [6, 6.07) is 5.06. The number of anilines is 1. The van der Waals surface area contributed by atoms with Gasteiger partial charge in [0.15, 0.2) is 0 Å². The first-order valence-corrected chi connectivity index (χ1v) is 7.27. The van der Waals surface area contributed by atoms with E-state index in [0.29, 0.717) is 15.2 Å². The number of amides is 2. The smallest absolute Gasteiger partial charge is 0.240 e. The zero-order valence-electron chi connectivity index (χ0n) is 11.0. The Hall–Kier alpha value is -0.870. The van der Waals surface area contributed by atoms with Crippen LogP contribution in [0.25, 0.3) is 0 Å². The molecule has 1 aromatic rings. The fourth-order valence-electron chi connectivity index (χ4n) is 2.17. The van der Waals surface area contributed by atoms with Crippen LogP contribution in [0.2, 0.25) is 5.02 Å². The highest BCUT2D eigenvalue weighted by molar-refractivity contribution is 9.10. The van der Waals surface area contributed by atoms with Gasteiger partial charge in [-0.05, 0) is 47.0 Å². The number of carbonyl (C=O) groups is 2. The normalized spacial score (nSPS) is 23.6. The summed E-state index contributed by atoms with van der Waals surface area (Å²) in [6.45, 7) is 5.78. The Morgan fingerprint density at radius 1 is 1.37 bits per heavy atom. The molecule has 1 atom stereocenters. The maximum absolute atomic E-state index is 12.5. The lowest BCUT2D eigenvalue weighted by Gasteiger charge is -2.26. The predicted molar refractivity (Wildman–Crippen MR) is 79.2 cm³/mol. The van der Waals surface area contributed by atoms with Gasteiger partial charge in [0.05, 0.1) is 16.1 Å². The summed E-state index contributed by atoms with van der Waals surface area (Å²) in [4.78, 5) is 26.0. The van der Waals surface area contributed by atoms with Crippen molar-refractivity contribution in [3.8, 4) is 0 Å². The highest BCUT2D eigenvalue weighted by Crippen LogP contribution is 2.42. The zero-order valence-corrected chi connectivity index (χ0v) is 13.4. The third-order valence-corrected chi connectivity index (χ3v) is 5.11. The maximum atomic E-state index is 12.5. The first-order valence-electron chi connectivity index (χ1n) is 6.10. The molecule has 3 nitrogen and oxygen atoms in total. The van der Waals surface area contributed by atoms with Gasteiger partial charge in [0.1, 0.15) is 0 Å². The van der Waals surface area contributed by atoms with Crippen LogP contribution in [0.3, 0.4) is 0 Å². The molecule has 0 aromatic heterocycles. The summed E-state index contributed by atoms with van der Waals surface area (Å²) in [5, 5.41) is 0.550. The number of hydrogen-bond acceptors (Lipinski definition) is 2. The van der Waals surface area contributed by atoms with Gasteiger partial charge < -0.3 is 0 Å². The molecular formula is C14H15BrClNO2. The number of rotatable bonds is 2. The maximum Gasteiger partial charge on any atom is 0.240 e. The molecule has 1 aromatic carbocycles. The molecule has 102 valence electrons. The SMILES string of the molecule is CC(C)C1(C)CC(=O)N(c2ccc(Cl)c(Br)c2)C1=O. The highest BCUT2D eigenvalue weighted by atomic mass is 79.9. The molecule has 0 radical (unpaired) electrons. The molecule has 5 heteroatoms. The van der Waals surface area contributed by atoms with Crippen LogP contribution in [0.4, 0.5) is 5.69 Å². The van der Waals surface area contributed by atoms with Crippen LogP contribution in [-0.4, -0.2) is 11.8 Å². The van der Waals surface area contributed by atoms with E-state index in [4.69, 9.17) is 11.6 Å². The minimum Gasteiger partial charge on any atom is -0.274 e. The average molecular weight is 345 g/mol. The van der Waals surface area contributed by atoms with Crippen LogP contribution in [-0.2, 0) is 9.59 Å².